The molecule has 1 aliphatic heterocycles. The van der Waals surface area contributed by atoms with E-state index in [1.807, 2.05) is 12.1 Å². The van der Waals surface area contributed by atoms with Crippen molar-refractivity contribution in [3.8, 4) is 11.5 Å². The third-order valence-electron chi connectivity index (χ3n) is 4.70. The summed E-state index contributed by atoms with van der Waals surface area (Å²) in [6, 6.07) is 10.4. The number of methoxy groups -OCH3 is 1. The predicted octanol–water partition coefficient (Wildman–Crippen LogP) is 3.60. The minimum atomic E-state index is -0.276. The van der Waals surface area contributed by atoms with Crippen molar-refractivity contribution in [2.45, 2.75) is 13.2 Å². The van der Waals surface area contributed by atoms with E-state index in [0.29, 0.717) is 17.1 Å². The van der Waals surface area contributed by atoms with Gasteiger partial charge in [-0.3, -0.25) is 4.90 Å². The molecule has 1 heterocycles. The quantitative estimate of drug-likeness (QED) is 0.588. The van der Waals surface area contributed by atoms with Gasteiger partial charge in [0.05, 0.1) is 20.3 Å². The number of nitrogens with zero attached hydrogens (tertiary/aromatic N) is 1. The molecule has 2 aromatic carbocycles. The van der Waals surface area contributed by atoms with Crippen molar-refractivity contribution in [1.29, 1.82) is 0 Å². The van der Waals surface area contributed by atoms with Crippen LogP contribution >= 0.6 is 15.9 Å². The Morgan fingerprint density at radius 3 is 2.68 bits per heavy atom. The zero-order chi connectivity index (χ0) is 19.8. The molecule has 5 nitrogen and oxygen atoms in total. The van der Waals surface area contributed by atoms with Crippen molar-refractivity contribution in [3.63, 3.8) is 0 Å². The van der Waals surface area contributed by atoms with Crippen LogP contribution in [0.3, 0.4) is 0 Å². The summed E-state index contributed by atoms with van der Waals surface area (Å²) in [7, 11) is 1.61. The molecule has 7 heteroatoms. The van der Waals surface area contributed by atoms with Crippen LogP contribution in [0.15, 0.2) is 40.9 Å². The highest BCUT2D eigenvalue weighted by molar-refractivity contribution is 9.10. The molecule has 0 aliphatic carbocycles. The second kappa shape index (κ2) is 10.8. The lowest BCUT2D eigenvalue weighted by atomic mass is 10.2. The highest BCUT2D eigenvalue weighted by atomic mass is 79.9. The molecule has 0 bridgehead atoms. The number of ether oxygens (including phenoxy) is 3. The molecule has 28 heavy (non-hydrogen) atoms. The molecule has 0 saturated carbocycles. The first-order valence-corrected chi connectivity index (χ1v) is 10.2. The second-order valence-corrected chi connectivity index (χ2v) is 7.46. The second-order valence-electron chi connectivity index (χ2n) is 6.61. The maximum absolute atomic E-state index is 13.8. The number of halogens is 2. The minimum absolute atomic E-state index is 0.145. The molecule has 1 saturated heterocycles. The van der Waals surface area contributed by atoms with Gasteiger partial charge in [-0.25, -0.2) is 4.39 Å². The molecule has 0 spiro atoms. The number of benzene rings is 2. The predicted molar refractivity (Wildman–Crippen MR) is 110 cm³/mol. The molecule has 1 fully saturated rings. The number of morpholine rings is 1. The summed E-state index contributed by atoms with van der Waals surface area (Å²) in [6.07, 6.45) is 0. The lowest BCUT2D eigenvalue weighted by Crippen LogP contribution is -2.40. The summed E-state index contributed by atoms with van der Waals surface area (Å²) in [6.45, 7) is 6.39. The molecule has 0 unspecified atom stereocenters. The lowest BCUT2D eigenvalue weighted by molar-refractivity contribution is 0.0384. The molecular formula is C21H26BrFN2O3. The molecule has 0 atom stereocenters. The molecule has 3 rings (SSSR count). The third-order valence-corrected chi connectivity index (χ3v) is 5.44. The Bertz CT molecular complexity index is 769. The molecule has 152 valence electrons. The number of rotatable bonds is 9. The van der Waals surface area contributed by atoms with Gasteiger partial charge in [-0.2, -0.15) is 0 Å². The third kappa shape index (κ3) is 5.91. The Balaban J connectivity index is 1.55. The van der Waals surface area contributed by atoms with Crippen molar-refractivity contribution in [1.82, 2.24) is 10.2 Å². The molecule has 0 aromatic heterocycles. The smallest absolute Gasteiger partial charge is 0.162 e. The van der Waals surface area contributed by atoms with Gasteiger partial charge in [0.1, 0.15) is 12.4 Å². The largest absolute Gasteiger partial charge is 0.493 e. The fraction of sp³-hybridized carbons (Fsp3) is 0.429. The van der Waals surface area contributed by atoms with Crippen LogP contribution in [0.4, 0.5) is 4.39 Å². The van der Waals surface area contributed by atoms with Crippen LogP contribution < -0.4 is 14.8 Å². The topological polar surface area (TPSA) is 43.0 Å². The monoisotopic (exact) mass is 452 g/mol. The lowest BCUT2D eigenvalue weighted by Gasteiger charge is -2.26. The fourth-order valence-corrected chi connectivity index (χ4v) is 3.50. The zero-order valence-corrected chi connectivity index (χ0v) is 17.6. The Kier molecular flexibility index (Phi) is 8.09. The Morgan fingerprint density at radius 1 is 1.14 bits per heavy atom. The van der Waals surface area contributed by atoms with E-state index in [4.69, 9.17) is 14.2 Å². The van der Waals surface area contributed by atoms with Gasteiger partial charge in [0.25, 0.3) is 0 Å². The van der Waals surface area contributed by atoms with Crippen LogP contribution in [-0.2, 0) is 17.9 Å². The Labute approximate surface area is 173 Å². The van der Waals surface area contributed by atoms with Crippen LogP contribution in [0.5, 0.6) is 11.5 Å². The van der Waals surface area contributed by atoms with E-state index in [1.165, 1.54) is 6.07 Å². The number of hydrogen-bond donors (Lipinski definition) is 1. The summed E-state index contributed by atoms with van der Waals surface area (Å²) >= 11 is 3.60. The van der Waals surface area contributed by atoms with Crippen molar-refractivity contribution >= 4 is 15.9 Å². The van der Waals surface area contributed by atoms with Gasteiger partial charge in [0, 0.05) is 42.8 Å². The van der Waals surface area contributed by atoms with E-state index >= 15 is 0 Å². The van der Waals surface area contributed by atoms with Gasteiger partial charge in [-0.1, -0.05) is 34.1 Å². The fourth-order valence-electron chi connectivity index (χ4n) is 3.04. The molecule has 2 aromatic rings. The highest BCUT2D eigenvalue weighted by Gasteiger charge is 2.13. The highest BCUT2D eigenvalue weighted by Crippen LogP contribution is 2.34. The van der Waals surface area contributed by atoms with Gasteiger partial charge in [0.2, 0.25) is 0 Å². The maximum atomic E-state index is 13.8. The van der Waals surface area contributed by atoms with Crippen molar-refractivity contribution in [2.24, 2.45) is 0 Å². The summed E-state index contributed by atoms with van der Waals surface area (Å²) in [5.41, 5.74) is 1.59. The van der Waals surface area contributed by atoms with Crippen LogP contribution in [-0.4, -0.2) is 51.4 Å². The van der Waals surface area contributed by atoms with Gasteiger partial charge < -0.3 is 19.5 Å². The van der Waals surface area contributed by atoms with Crippen molar-refractivity contribution < 1.29 is 18.6 Å². The molecular weight excluding hydrogens is 427 g/mol. The van der Waals surface area contributed by atoms with Gasteiger partial charge in [0.15, 0.2) is 11.5 Å². The summed E-state index contributed by atoms with van der Waals surface area (Å²) in [5.74, 6) is 0.931. The summed E-state index contributed by atoms with van der Waals surface area (Å²) in [4.78, 5) is 2.39. The van der Waals surface area contributed by atoms with E-state index in [1.54, 1.807) is 25.3 Å². The first-order chi connectivity index (χ1) is 13.7. The van der Waals surface area contributed by atoms with Crippen molar-refractivity contribution in [2.75, 3.05) is 46.5 Å². The average Bonchev–Trinajstić information content (AvgIpc) is 2.72. The first-order valence-electron chi connectivity index (χ1n) is 9.41. The molecule has 1 aliphatic rings. The standard InChI is InChI=1S/C21H26BrFN2O3/c1-26-20-12-17(14-24-6-7-25-8-10-27-11-9-25)18(22)13-21(20)28-15-16-4-2-3-5-19(16)23/h2-5,12-13,24H,6-11,14-15H2,1H3. The first kappa shape index (κ1) is 21.0. The van der Waals surface area contributed by atoms with Crippen LogP contribution in [0, 0.1) is 5.82 Å². The van der Waals surface area contributed by atoms with Crippen LogP contribution in [0.2, 0.25) is 0 Å². The molecule has 1 N–H and O–H groups in total. The van der Waals surface area contributed by atoms with Gasteiger partial charge in [-0.05, 0) is 23.8 Å². The zero-order valence-electron chi connectivity index (χ0n) is 16.0. The van der Waals surface area contributed by atoms with E-state index in [0.717, 1.165) is 56.0 Å². The van der Waals surface area contributed by atoms with Crippen LogP contribution in [0.25, 0.3) is 0 Å². The molecule has 0 radical (unpaired) electrons. The maximum Gasteiger partial charge on any atom is 0.162 e. The van der Waals surface area contributed by atoms with Gasteiger partial charge in [-0.15, -0.1) is 0 Å². The normalized spacial score (nSPS) is 14.8. The van der Waals surface area contributed by atoms with Crippen molar-refractivity contribution in [3.05, 3.63) is 57.8 Å². The summed E-state index contributed by atoms with van der Waals surface area (Å²) < 4.78 is 31.4. The SMILES string of the molecule is COc1cc(CNCCN2CCOCC2)c(Br)cc1OCc1ccccc1F. The summed E-state index contributed by atoms with van der Waals surface area (Å²) in [5, 5.41) is 3.47. The van der Waals surface area contributed by atoms with E-state index in [2.05, 4.69) is 26.1 Å². The number of hydrogen-bond acceptors (Lipinski definition) is 5. The average molecular weight is 453 g/mol. The Hall–Kier alpha value is -1.67. The minimum Gasteiger partial charge on any atom is -0.493 e. The van der Waals surface area contributed by atoms with E-state index in [-0.39, 0.29) is 12.4 Å². The van der Waals surface area contributed by atoms with Gasteiger partial charge >= 0.3 is 0 Å². The Morgan fingerprint density at radius 2 is 1.93 bits per heavy atom. The number of nitrogens with one attached hydrogen (secondary N) is 1. The van der Waals surface area contributed by atoms with E-state index in [9.17, 15) is 4.39 Å². The van der Waals surface area contributed by atoms with Crippen LogP contribution in [0.1, 0.15) is 11.1 Å². The molecule has 0 amide bonds. The van der Waals surface area contributed by atoms with E-state index < -0.39 is 0 Å².